The second-order valence-electron chi connectivity index (χ2n) is 8.16. The van der Waals surface area contributed by atoms with E-state index in [1.807, 2.05) is 18.2 Å². The quantitative estimate of drug-likeness (QED) is 0.368. The lowest BCUT2D eigenvalue weighted by atomic mass is 10.1. The molecule has 0 atom stereocenters. The molecule has 0 fully saturated rings. The molecule has 0 bridgehead atoms. The lowest BCUT2D eigenvalue weighted by molar-refractivity contribution is 0.0792. The molecule has 0 saturated heterocycles. The molecule has 0 radical (unpaired) electrons. The average Bonchev–Trinajstić information content (AvgIpc) is 3.32. The number of unbranched alkanes of at least 4 members (excludes halogenated alkanes) is 2. The van der Waals surface area contributed by atoms with Gasteiger partial charge in [0.05, 0.1) is 16.7 Å². The Bertz CT molecular complexity index is 1280. The van der Waals surface area contributed by atoms with Crippen LogP contribution in [0.25, 0.3) is 11.3 Å². The highest BCUT2D eigenvalue weighted by Gasteiger charge is 2.16. The second kappa shape index (κ2) is 12.2. The predicted molar refractivity (Wildman–Crippen MR) is 130 cm³/mol. The van der Waals surface area contributed by atoms with Crippen LogP contribution in [0.4, 0.5) is 4.39 Å². The number of nitrogens with one attached hydrogen (secondary N) is 2. The zero-order chi connectivity index (χ0) is 25.3. The number of carbonyl (C=O) groups is 1. The molecular formula is C25H28FN5O3S. The number of carbonyl (C=O) groups excluding carboxylic acids is 1. The Morgan fingerprint density at radius 3 is 2.63 bits per heavy atom. The standard InChI is InChI=1S/C25H28FN5O3S/c1-31(25(32)19-10-12-23(13-11-19)35(33,34)28-15-6-14-27)16-4-2-3-9-22-18-24(30-29-22)20-7-5-8-21(26)17-20/h5,7-8,10-13,17-18,28H,2-4,6,9,15-16H2,1H3,(H,29,30). The van der Waals surface area contributed by atoms with E-state index in [9.17, 15) is 17.6 Å². The van der Waals surface area contributed by atoms with Crippen LogP contribution in [0.5, 0.6) is 0 Å². The smallest absolute Gasteiger partial charge is 0.253 e. The summed E-state index contributed by atoms with van der Waals surface area (Å²) in [7, 11) is -1.99. The number of amides is 1. The molecule has 2 aromatic carbocycles. The Morgan fingerprint density at radius 2 is 1.91 bits per heavy atom. The third kappa shape index (κ3) is 7.47. The minimum atomic E-state index is -3.70. The normalized spacial score (nSPS) is 11.2. The fourth-order valence-corrected chi connectivity index (χ4v) is 4.58. The van der Waals surface area contributed by atoms with Crippen molar-refractivity contribution in [3.8, 4) is 17.3 Å². The number of benzene rings is 2. The van der Waals surface area contributed by atoms with Crippen LogP contribution in [-0.2, 0) is 16.4 Å². The molecular weight excluding hydrogens is 469 g/mol. The highest BCUT2D eigenvalue weighted by Crippen LogP contribution is 2.19. The fraction of sp³-hybridized carbons (Fsp3) is 0.320. The van der Waals surface area contributed by atoms with Gasteiger partial charge in [-0.2, -0.15) is 10.4 Å². The first-order chi connectivity index (χ1) is 16.8. The van der Waals surface area contributed by atoms with Gasteiger partial charge in [0.15, 0.2) is 0 Å². The molecule has 1 amide bonds. The van der Waals surface area contributed by atoms with E-state index in [-0.39, 0.29) is 29.6 Å². The Balaban J connectivity index is 1.42. The lowest BCUT2D eigenvalue weighted by Gasteiger charge is -2.17. The molecule has 8 nitrogen and oxygen atoms in total. The van der Waals surface area contributed by atoms with E-state index >= 15 is 0 Å². The minimum Gasteiger partial charge on any atom is -0.342 e. The van der Waals surface area contributed by atoms with E-state index < -0.39 is 10.0 Å². The number of rotatable bonds is 12. The maximum absolute atomic E-state index is 13.4. The summed E-state index contributed by atoms with van der Waals surface area (Å²) in [6, 6.07) is 15.9. The third-order valence-corrected chi connectivity index (χ3v) is 6.96. The third-order valence-electron chi connectivity index (χ3n) is 5.48. The molecule has 2 N–H and O–H groups in total. The van der Waals surface area contributed by atoms with E-state index in [1.165, 1.54) is 36.4 Å². The van der Waals surface area contributed by atoms with Crippen LogP contribution in [0.3, 0.4) is 0 Å². The summed E-state index contributed by atoms with van der Waals surface area (Å²) < 4.78 is 40.1. The van der Waals surface area contributed by atoms with E-state index in [1.54, 1.807) is 18.0 Å². The van der Waals surface area contributed by atoms with Gasteiger partial charge in [0.2, 0.25) is 10.0 Å². The summed E-state index contributed by atoms with van der Waals surface area (Å²) >= 11 is 0. The van der Waals surface area contributed by atoms with Gasteiger partial charge in [0.1, 0.15) is 5.82 Å². The van der Waals surface area contributed by atoms with Crippen molar-refractivity contribution in [3.05, 3.63) is 71.7 Å². The first kappa shape index (κ1) is 26.1. The van der Waals surface area contributed by atoms with E-state index in [4.69, 9.17) is 5.26 Å². The van der Waals surface area contributed by atoms with Crippen LogP contribution in [-0.4, -0.2) is 49.6 Å². The zero-order valence-electron chi connectivity index (χ0n) is 19.5. The fourth-order valence-electron chi connectivity index (χ4n) is 3.55. The monoisotopic (exact) mass is 497 g/mol. The van der Waals surface area contributed by atoms with Gasteiger partial charge in [0, 0.05) is 43.4 Å². The molecule has 0 aliphatic rings. The average molecular weight is 498 g/mol. The largest absolute Gasteiger partial charge is 0.342 e. The van der Waals surface area contributed by atoms with Gasteiger partial charge in [-0.3, -0.25) is 9.89 Å². The van der Waals surface area contributed by atoms with Crippen molar-refractivity contribution in [1.29, 1.82) is 5.26 Å². The molecule has 0 aliphatic heterocycles. The first-order valence-electron chi connectivity index (χ1n) is 11.3. The van der Waals surface area contributed by atoms with Crippen molar-refractivity contribution in [2.75, 3.05) is 20.1 Å². The van der Waals surface area contributed by atoms with Gasteiger partial charge in [-0.25, -0.2) is 17.5 Å². The molecule has 3 aromatic rings. The van der Waals surface area contributed by atoms with E-state index in [0.29, 0.717) is 17.8 Å². The van der Waals surface area contributed by atoms with Crippen molar-refractivity contribution in [2.24, 2.45) is 0 Å². The highest BCUT2D eigenvalue weighted by molar-refractivity contribution is 7.89. The molecule has 0 aliphatic carbocycles. The number of sulfonamides is 1. The molecule has 0 spiro atoms. The zero-order valence-corrected chi connectivity index (χ0v) is 20.3. The molecule has 3 rings (SSSR count). The lowest BCUT2D eigenvalue weighted by Crippen LogP contribution is -2.28. The summed E-state index contributed by atoms with van der Waals surface area (Å²) in [4.78, 5) is 14.3. The number of halogens is 1. The van der Waals surface area contributed by atoms with Crippen molar-refractivity contribution in [1.82, 2.24) is 19.8 Å². The second-order valence-corrected chi connectivity index (χ2v) is 9.92. The summed E-state index contributed by atoms with van der Waals surface area (Å²) in [5, 5.41) is 15.8. The molecule has 35 heavy (non-hydrogen) atoms. The molecule has 10 heteroatoms. The van der Waals surface area contributed by atoms with Crippen molar-refractivity contribution < 1.29 is 17.6 Å². The van der Waals surface area contributed by atoms with Gasteiger partial charge in [-0.15, -0.1) is 0 Å². The van der Waals surface area contributed by atoms with Crippen LogP contribution in [0.15, 0.2) is 59.5 Å². The van der Waals surface area contributed by atoms with E-state index in [0.717, 1.165) is 36.9 Å². The predicted octanol–water partition coefficient (Wildman–Crippen LogP) is 3.89. The van der Waals surface area contributed by atoms with E-state index in [2.05, 4.69) is 14.9 Å². The van der Waals surface area contributed by atoms with Gasteiger partial charge in [-0.05, 0) is 61.7 Å². The number of H-pyrrole nitrogens is 1. The number of hydrogen-bond donors (Lipinski definition) is 2. The number of nitriles is 1. The van der Waals surface area contributed by atoms with Gasteiger partial charge < -0.3 is 4.90 Å². The number of hydrogen-bond acceptors (Lipinski definition) is 5. The SMILES string of the molecule is CN(CCCCCc1cc(-c2cccc(F)c2)n[nH]1)C(=O)c1ccc(S(=O)(=O)NCCC#N)cc1. The number of nitrogens with zero attached hydrogens (tertiary/aromatic N) is 3. The Labute approximate surface area is 204 Å². The summed E-state index contributed by atoms with van der Waals surface area (Å²) in [6.07, 6.45) is 3.54. The van der Waals surface area contributed by atoms with Gasteiger partial charge in [-0.1, -0.05) is 18.6 Å². The van der Waals surface area contributed by atoms with Crippen molar-refractivity contribution >= 4 is 15.9 Å². The number of aromatic nitrogens is 2. The van der Waals surface area contributed by atoms with Crippen LogP contribution < -0.4 is 4.72 Å². The maximum atomic E-state index is 13.4. The summed E-state index contributed by atoms with van der Waals surface area (Å²) in [6.45, 7) is 0.614. The van der Waals surface area contributed by atoms with Crippen molar-refractivity contribution in [2.45, 2.75) is 37.0 Å². The summed E-state index contributed by atoms with van der Waals surface area (Å²) in [5.74, 6) is -0.476. The Hall–Kier alpha value is -3.55. The topological polar surface area (TPSA) is 119 Å². The van der Waals surface area contributed by atoms with Gasteiger partial charge in [0.25, 0.3) is 5.91 Å². The molecule has 0 saturated carbocycles. The number of aromatic amines is 1. The minimum absolute atomic E-state index is 0.0385. The Kier molecular flexibility index (Phi) is 9.11. The van der Waals surface area contributed by atoms with Crippen LogP contribution >= 0.6 is 0 Å². The Morgan fingerprint density at radius 1 is 1.14 bits per heavy atom. The van der Waals surface area contributed by atoms with Crippen molar-refractivity contribution in [3.63, 3.8) is 0 Å². The summed E-state index contributed by atoms with van der Waals surface area (Å²) in [5.41, 5.74) is 2.83. The molecule has 184 valence electrons. The van der Waals surface area contributed by atoms with Crippen LogP contribution in [0.2, 0.25) is 0 Å². The number of aryl methyl sites for hydroxylation is 1. The molecule has 0 unspecified atom stereocenters. The molecule has 1 aromatic heterocycles. The van der Waals surface area contributed by atoms with Crippen LogP contribution in [0, 0.1) is 17.1 Å². The maximum Gasteiger partial charge on any atom is 0.253 e. The highest BCUT2D eigenvalue weighted by atomic mass is 32.2. The molecule has 1 heterocycles. The van der Waals surface area contributed by atoms with Crippen LogP contribution in [0.1, 0.15) is 41.7 Å². The van der Waals surface area contributed by atoms with Gasteiger partial charge >= 0.3 is 0 Å². The first-order valence-corrected chi connectivity index (χ1v) is 12.8.